The maximum Gasteiger partial charge on any atom is 0.0594 e. The SMILES string of the molecule is C1=CC2CC3=C(CC=CC3)C(N3CCOCC3)C2C=C1. The molecule has 1 fully saturated rings. The van der Waals surface area contributed by atoms with Crippen molar-refractivity contribution in [2.75, 3.05) is 26.3 Å². The van der Waals surface area contributed by atoms with Crippen molar-refractivity contribution in [1.29, 1.82) is 0 Å². The normalized spacial score (nSPS) is 36.9. The van der Waals surface area contributed by atoms with Crippen LogP contribution in [-0.2, 0) is 4.74 Å². The third-order valence-corrected chi connectivity index (χ3v) is 5.26. The van der Waals surface area contributed by atoms with Gasteiger partial charge in [0.25, 0.3) is 0 Å². The Labute approximate surface area is 121 Å². The van der Waals surface area contributed by atoms with Crippen LogP contribution in [0, 0.1) is 11.8 Å². The first-order valence-corrected chi connectivity index (χ1v) is 7.96. The fourth-order valence-corrected chi connectivity index (χ4v) is 4.31. The van der Waals surface area contributed by atoms with Crippen LogP contribution >= 0.6 is 0 Å². The molecule has 3 unspecified atom stereocenters. The summed E-state index contributed by atoms with van der Waals surface area (Å²) in [5, 5.41) is 0. The van der Waals surface area contributed by atoms with Crippen molar-refractivity contribution in [2.24, 2.45) is 11.8 Å². The van der Waals surface area contributed by atoms with Crippen molar-refractivity contribution >= 4 is 0 Å². The van der Waals surface area contributed by atoms with Crippen molar-refractivity contribution in [3.05, 3.63) is 47.6 Å². The first-order valence-electron chi connectivity index (χ1n) is 7.96. The smallest absolute Gasteiger partial charge is 0.0594 e. The molecule has 20 heavy (non-hydrogen) atoms. The first-order chi connectivity index (χ1) is 9.93. The van der Waals surface area contributed by atoms with E-state index in [2.05, 4.69) is 41.4 Å². The molecule has 0 N–H and O–H groups in total. The fraction of sp³-hybridized carbons (Fsp3) is 0.556. The van der Waals surface area contributed by atoms with Crippen LogP contribution in [0.15, 0.2) is 47.6 Å². The van der Waals surface area contributed by atoms with Crippen molar-refractivity contribution in [1.82, 2.24) is 4.90 Å². The van der Waals surface area contributed by atoms with Crippen molar-refractivity contribution in [2.45, 2.75) is 25.3 Å². The highest BCUT2D eigenvalue weighted by Gasteiger charge is 2.39. The van der Waals surface area contributed by atoms with E-state index in [1.165, 1.54) is 12.8 Å². The molecule has 106 valence electrons. The van der Waals surface area contributed by atoms with Gasteiger partial charge < -0.3 is 4.74 Å². The average Bonchev–Trinajstić information content (AvgIpc) is 2.53. The highest BCUT2D eigenvalue weighted by molar-refractivity contribution is 5.37. The van der Waals surface area contributed by atoms with Crippen LogP contribution in [0.2, 0.25) is 0 Å². The van der Waals surface area contributed by atoms with E-state index in [1.54, 1.807) is 11.1 Å². The minimum Gasteiger partial charge on any atom is -0.379 e. The topological polar surface area (TPSA) is 12.5 Å². The minimum absolute atomic E-state index is 0.610. The number of fused-ring (bicyclic) bond motifs is 1. The number of morpholine rings is 1. The number of nitrogens with zero attached hydrogens (tertiary/aromatic N) is 1. The lowest BCUT2D eigenvalue weighted by Gasteiger charge is -2.47. The summed E-state index contributed by atoms with van der Waals surface area (Å²) in [6, 6.07) is 0.610. The van der Waals surface area contributed by atoms with Gasteiger partial charge in [-0.2, -0.15) is 0 Å². The number of hydrogen-bond acceptors (Lipinski definition) is 2. The maximum atomic E-state index is 5.56. The van der Waals surface area contributed by atoms with Crippen molar-refractivity contribution in [3.63, 3.8) is 0 Å². The quantitative estimate of drug-likeness (QED) is 0.678. The second kappa shape index (κ2) is 5.34. The highest BCUT2D eigenvalue weighted by atomic mass is 16.5. The van der Waals surface area contributed by atoms with Crippen LogP contribution in [0.25, 0.3) is 0 Å². The number of ether oxygens (including phenoxy) is 1. The van der Waals surface area contributed by atoms with E-state index >= 15 is 0 Å². The van der Waals surface area contributed by atoms with Gasteiger partial charge in [0.15, 0.2) is 0 Å². The first kappa shape index (κ1) is 12.6. The molecular formula is C18H23NO. The minimum atomic E-state index is 0.610. The summed E-state index contributed by atoms with van der Waals surface area (Å²) in [6.45, 7) is 3.97. The predicted molar refractivity (Wildman–Crippen MR) is 81.5 cm³/mol. The lowest BCUT2D eigenvalue weighted by atomic mass is 9.68. The number of hydrogen-bond donors (Lipinski definition) is 0. The maximum absolute atomic E-state index is 5.56. The molecule has 3 atom stereocenters. The second-order valence-corrected chi connectivity index (χ2v) is 6.32. The van der Waals surface area contributed by atoms with Gasteiger partial charge in [-0.15, -0.1) is 0 Å². The molecule has 0 amide bonds. The Hall–Kier alpha value is -1.12. The highest BCUT2D eigenvalue weighted by Crippen LogP contribution is 2.44. The molecule has 1 heterocycles. The van der Waals surface area contributed by atoms with Gasteiger partial charge in [-0.3, -0.25) is 4.90 Å². The van der Waals surface area contributed by atoms with Gasteiger partial charge in [-0.25, -0.2) is 0 Å². The molecule has 1 aliphatic heterocycles. The van der Waals surface area contributed by atoms with Crippen LogP contribution in [0.1, 0.15) is 19.3 Å². The van der Waals surface area contributed by atoms with Crippen molar-refractivity contribution < 1.29 is 4.74 Å². The lowest BCUT2D eigenvalue weighted by molar-refractivity contribution is 0.00932. The molecule has 0 spiro atoms. The van der Waals surface area contributed by atoms with E-state index in [1.807, 2.05) is 0 Å². The van der Waals surface area contributed by atoms with Gasteiger partial charge in [-0.05, 0) is 30.8 Å². The summed E-state index contributed by atoms with van der Waals surface area (Å²) in [7, 11) is 0. The van der Waals surface area contributed by atoms with Gasteiger partial charge in [0, 0.05) is 25.0 Å². The Morgan fingerprint density at radius 3 is 2.70 bits per heavy atom. The number of rotatable bonds is 1. The summed E-state index contributed by atoms with van der Waals surface area (Å²) in [4.78, 5) is 2.68. The summed E-state index contributed by atoms with van der Waals surface area (Å²) in [5.74, 6) is 1.38. The van der Waals surface area contributed by atoms with E-state index in [0.29, 0.717) is 17.9 Å². The van der Waals surface area contributed by atoms with E-state index in [-0.39, 0.29) is 0 Å². The summed E-state index contributed by atoms with van der Waals surface area (Å²) in [5.41, 5.74) is 3.43. The Morgan fingerprint density at radius 2 is 1.80 bits per heavy atom. The van der Waals surface area contributed by atoms with Gasteiger partial charge in [0.1, 0.15) is 0 Å². The summed E-state index contributed by atoms with van der Waals surface area (Å²) in [6.07, 6.45) is 17.7. The molecule has 0 radical (unpaired) electrons. The zero-order valence-electron chi connectivity index (χ0n) is 12.0. The molecule has 0 aromatic heterocycles. The van der Waals surface area contributed by atoms with Crippen LogP contribution in [0.4, 0.5) is 0 Å². The lowest BCUT2D eigenvalue weighted by Crippen LogP contribution is -2.51. The molecule has 4 aliphatic rings. The molecule has 0 saturated carbocycles. The van der Waals surface area contributed by atoms with Gasteiger partial charge in [-0.1, -0.05) is 42.0 Å². The molecule has 2 heteroatoms. The van der Waals surface area contributed by atoms with Gasteiger partial charge in [0.05, 0.1) is 13.2 Å². The third-order valence-electron chi connectivity index (χ3n) is 5.26. The largest absolute Gasteiger partial charge is 0.379 e. The molecule has 3 aliphatic carbocycles. The van der Waals surface area contributed by atoms with E-state index in [9.17, 15) is 0 Å². The molecule has 0 aromatic carbocycles. The van der Waals surface area contributed by atoms with E-state index in [4.69, 9.17) is 4.74 Å². The Morgan fingerprint density at radius 1 is 1.00 bits per heavy atom. The van der Waals surface area contributed by atoms with Gasteiger partial charge in [0.2, 0.25) is 0 Å². The van der Waals surface area contributed by atoms with Crippen LogP contribution in [0.5, 0.6) is 0 Å². The summed E-state index contributed by atoms with van der Waals surface area (Å²) >= 11 is 0. The molecule has 1 saturated heterocycles. The second-order valence-electron chi connectivity index (χ2n) is 6.32. The molecule has 2 nitrogen and oxygen atoms in total. The van der Waals surface area contributed by atoms with Crippen LogP contribution in [0.3, 0.4) is 0 Å². The van der Waals surface area contributed by atoms with E-state index in [0.717, 1.165) is 32.7 Å². The zero-order chi connectivity index (χ0) is 13.4. The number of allylic oxidation sites excluding steroid dienone is 6. The van der Waals surface area contributed by atoms with Gasteiger partial charge >= 0.3 is 0 Å². The summed E-state index contributed by atoms with van der Waals surface area (Å²) < 4.78 is 5.56. The van der Waals surface area contributed by atoms with Crippen LogP contribution in [-0.4, -0.2) is 37.2 Å². The Bertz CT molecular complexity index is 494. The van der Waals surface area contributed by atoms with Crippen molar-refractivity contribution in [3.8, 4) is 0 Å². The molecule has 0 aromatic rings. The Kier molecular flexibility index (Phi) is 3.37. The zero-order valence-corrected chi connectivity index (χ0v) is 12.0. The third kappa shape index (κ3) is 2.11. The Balaban J connectivity index is 1.70. The monoisotopic (exact) mass is 269 g/mol. The fourth-order valence-electron chi connectivity index (χ4n) is 4.31. The molecular weight excluding hydrogens is 246 g/mol. The molecule has 4 rings (SSSR count). The van der Waals surface area contributed by atoms with Crippen LogP contribution < -0.4 is 0 Å². The van der Waals surface area contributed by atoms with E-state index < -0.39 is 0 Å². The average molecular weight is 269 g/mol. The predicted octanol–water partition coefficient (Wildman–Crippen LogP) is 3.10. The standard InChI is InChI=1S/C18H23NO/c1-3-7-16-14(5-1)13-15-6-2-4-8-17(15)18(16)19-9-11-20-12-10-19/h1-5,7,14,16,18H,6,8-13H2. The molecule has 0 bridgehead atoms.